The summed E-state index contributed by atoms with van der Waals surface area (Å²) in [6.45, 7) is 5.08. The molecule has 2 amide bonds. The van der Waals surface area contributed by atoms with Gasteiger partial charge in [-0.05, 0) is 31.5 Å². The monoisotopic (exact) mass is 364 g/mol. The maximum absolute atomic E-state index is 12.8. The first kappa shape index (κ1) is 17.1. The zero-order chi connectivity index (χ0) is 19.0. The fourth-order valence-electron chi connectivity index (χ4n) is 3.23. The van der Waals surface area contributed by atoms with Gasteiger partial charge in [-0.25, -0.2) is 0 Å². The summed E-state index contributed by atoms with van der Waals surface area (Å²) < 4.78 is 11.1. The smallest absolute Gasteiger partial charge is 0.278 e. The van der Waals surface area contributed by atoms with Gasteiger partial charge in [0.1, 0.15) is 18.9 Å². The van der Waals surface area contributed by atoms with Crippen molar-refractivity contribution in [1.82, 2.24) is 4.90 Å². The Bertz CT molecular complexity index is 947. The molecule has 0 saturated heterocycles. The van der Waals surface area contributed by atoms with Crippen molar-refractivity contribution < 1.29 is 19.1 Å². The second kappa shape index (κ2) is 6.79. The molecule has 6 nitrogen and oxygen atoms in total. The highest BCUT2D eigenvalue weighted by Gasteiger charge is 2.38. The van der Waals surface area contributed by atoms with E-state index >= 15 is 0 Å². The molecule has 0 spiro atoms. The van der Waals surface area contributed by atoms with E-state index in [-0.39, 0.29) is 17.5 Å². The zero-order valence-corrected chi connectivity index (χ0v) is 15.2. The standard InChI is InChI=1S/C21H20N2O4/c1-3-23-20(24)18(14-6-4-13(2)5-7-14)19(21(23)25)22-15-8-9-16-17(12-15)27-11-10-26-16/h4-9,12,22H,3,10-11H2,1-2H3. The maximum atomic E-state index is 12.8. The van der Waals surface area contributed by atoms with E-state index in [1.54, 1.807) is 25.1 Å². The number of hydrogen-bond donors (Lipinski definition) is 1. The lowest BCUT2D eigenvalue weighted by molar-refractivity contribution is -0.136. The minimum Gasteiger partial charge on any atom is -0.486 e. The number of amides is 2. The van der Waals surface area contributed by atoms with Crippen molar-refractivity contribution in [2.24, 2.45) is 0 Å². The number of anilines is 1. The fraction of sp³-hybridized carbons (Fsp3) is 0.238. The molecule has 2 aliphatic rings. The molecule has 138 valence electrons. The van der Waals surface area contributed by atoms with Gasteiger partial charge in [0.15, 0.2) is 11.5 Å². The van der Waals surface area contributed by atoms with Crippen LogP contribution < -0.4 is 14.8 Å². The van der Waals surface area contributed by atoms with Crippen LogP contribution in [0.3, 0.4) is 0 Å². The molecule has 0 unspecified atom stereocenters. The number of aryl methyl sites for hydroxylation is 1. The van der Waals surface area contributed by atoms with Gasteiger partial charge in [-0.15, -0.1) is 0 Å². The van der Waals surface area contributed by atoms with Gasteiger partial charge in [0.2, 0.25) is 0 Å². The number of likely N-dealkylation sites (N-methyl/N-ethyl adjacent to an activating group) is 1. The summed E-state index contributed by atoms with van der Waals surface area (Å²) >= 11 is 0. The predicted octanol–water partition coefficient (Wildman–Crippen LogP) is 2.98. The Labute approximate surface area is 157 Å². The van der Waals surface area contributed by atoms with Crippen LogP contribution in [0.25, 0.3) is 5.57 Å². The summed E-state index contributed by atoms with van der Waals surface area (Å²) in [6, 6.07) is 13.0. The van der Waals surface area contributed by atoms with Gasteiger partial charge in [0, 0.05) is 18.3 Å². The number of nitrogens with one attached hydrogen (secondary N) is 1. The second-order valence-electron chi connectivity index (χ2n) is 6.45. The molecular weight excluding hydrogens is 344 g/mol. The van der Waals surface area contributed by atoms with Crippen LogP contribution in [0.15, 0.2) is 48.2 Å². The molecule has 0 bridgehead atoms. The average molecular weight is 364 g/mol. The van der Waals surface area contributed by atoms with Crippen molar-refractivity contribution >= 4 is 23.1 Å². The first-order chi connectivity index (χ1) is 13.1. The van der Waals surface area contributed by atoms with Gasteiger partial charge in [0.25, 0.3) is 11.8 Å². The van der Waals surface area contributed by atoms with Crippen LogP contribution in [0, 0.1) is 6.92 Å². The van der Waals surface area contributed by atoms with E-state index in [9.17, 15) is 9.59 Å². The van der Waals surface area contributed by atoms with Crippen LogP contribution in [0.1, 0.15) is 18.1 Å². The van der Waals surface area contributed by atoms with Crippen molar-refractivity contribution in [3.63, 3.8) is 0 Å². The molecule has 27 heavy (non-hydrogen) atoms. The molecule has 0 aromatic heterocycles. The van der Waals surface area contributed by atoms with Crippen molar-refractivity contribution in [2.75, 3.05) is 25.1 Å². The van der Waals surface area contributed by atoms with Gasteiger partial charge in [-0.2, -0.15) is 0 Å². The third kappa shape index (κ3) is 3.03. The molecule has 1 N–H and O–H groups in total. The molecule has 2 heterocycles. The number of hydrogen-bond acceptors (Lipinski definition) is 5. The van der Waals surface area contributed by atoms with Crippen molar-refractivity contribution in [3.05, 3.63) is 59.3 Å². The number of nitrogens with zero attached hydrogens (tertiary/aromatic N) is 1. The lowest BCUT2D eigenvalue weighted by Crippen LogP contribution is -2.32. The Morgan fingerprint density at radius 3 is 2.37 bits per heavy atom. The van der Waals surface area contributed by atoms with Crippen LogP contribution in [0.4, 0.5) is 5.69 Å². The van der Waals surface area contributed by atoms with E-state index in [2.05, 4.69) is 5.32 Å². The minimum absolute atomic E-state index is 0.280. The minimum atomic E-state index is -0.326. The molecule has 2 aliphatic heterocycles. The maximum Gasteiger partial charge on any atom is 0.278 e. The largest absolute Gasteiger partial charge is 0.486 e. The average Bonchev–Trinajstić information content (AvgIpc) is 2.92. The van der Waals surface area contributed by atoms with Gasteiger partial charge in [0.05, 0.1) is 5.57 Å². The molecular formula is C21H20N2O4. The molecule has 0 fully saturated rings. The quantitative estimate of drug-likeness (QED) is 0.845. The summed E-state index contributed by atoms with van der Waals surface area (Å²) in [4.78, 5) is 26.9. The Kier molecular flexibility index (Phi) is 4.32. The van der Waals surface area contributed by atoms with Crippen LogP contribution >= 0.6 is 0 Å². The first-order valence-electron chi connectivity index (χ1n) is 8.92. The van der Waals surface area contributed by atoms with Crippen LogP contribution in [0.5, 0.6) is 11.5 Å². The number of fused-ring (bicyclic) bond motifs is 1. The Morgan fingerprint density at radius 1 is 0.963 bits per heavy atom. The van der Waals surface area contributed by atoms with Crippen LogP contribution in [0.2, 0.25) is 0 Å². The lowest BCUT2D eigenvalue weighted by atomic mass is 10.0. The summed E-state index contributed by atoms with van der Waals surface area (Å²) in [5.74, 6) is 0.677. The highest BCUT2D eigenvalue weighted by atomic mass is 16.6. The van der Waals surface area contributed by atoms with E-state index in [0.717, 1.165) is 11.1 Å². The molecule has 0 saturated carbocycles. The zero-order valence-electron chi connectivity index (χ0n) is 15.2. The van der Waals surface area contributed by atoms with E-state index in [0.29, 0.717) is 42.5 Å². The van der Waals surface area contributed by atoms with Crippen molar-refractivity contribution in [3.8, 4) is 11.5 Å². The molecule has 0 atom stereocenters. The van der Waals surface area contributed by atoms with E-state index in [4.69, 9.17) is 9.47 Å². The van der Waals surface area contributed by atoms with Crippen LogP contribution in [-0.2, 0) is 9.59 Å². The fourth-order valence-corrected chi connectivity index (χ4v) is 3.23. The van der Waals surface area contributed by atoms with Crippen molar-refractivity contribution in [2.45, 2.75) is 13.8 Å². The first-order valence-corrected chi connectivity index (χ1v) is 8.92. The van der Waals surface area contributed by atoms with E-state index in [1.165, 1.54) is 4.90 Å². The third-order valence-corrected chi connectivity index (χ3v) is 4.64. The number of carbonyl (C=O) groups excluding carboxylic acids is 2. The normalized spacial score (nSPS) is 16.1. The molecule has 2 aromatic rings. The van der Waals surface area contributed by atoms with E-state index in [1.807, 2.05) is 31.2 Å². The summed E-state index contributed by atoms with van der Waals surface area (Å²) in [5.41, 5.74) is 3.14. The molecule has 2 aromatic carbocycles. The Balaban J connectivity index is 1.75. The van der Waals surface area contributed by atoms with Gasteiger partial charge < -0.3 is 14.8 Å². The third-order valence-electron chi connectivity index (χ3n) is 4.64. The predicted molar refractivity (Wildman–Crippen MR) is 102 cm³/mol. The highest BCUT2D eigenvalue weighted by molar-refractivity contribution is 6.36. The summed E-state index contributed by atoms with van der Waals surface area (Å²) in [7, 11) is 0. The second-order valence-corrected chi connectivity index (χ2v) is 6.45. The van der Waals surface area contributed by atoms with Gasteiger partial charge in [-0.1, -0.05) is 29.8 Å². The molecule has 0 radical (unpaired) electrons. The van der Waals surface area contributed by atoms with Crippen molar-refractivity contribution in [1.29, 1.82) is 0 Å². The number of benzene rings is 2. The van der Waals surface area contributed by atoms with Gasteiger partial charge in [-0.3, -0.25) is 14.5 Å². The Morgan fingerprint density at radius 2 is 1.67 bits per heavy atom. The number of carbonyl (C=O) groups is 2. The summed E-state index contributed by atoms with van der Waals surface area (Å²) in [6.07, 6.45) is 0. The van der Waals surface area contributed by atoms with Crippen LogP contribution in [-0.4, -0.2) is 36.5 Å². The molecule has 0 aliphatic carbocycles. The van der Waals surface area contributed by atoms with E-state index < -0.39 is 0 Å². The topological polar surface area (TPSA) is 67.9 Å². The Hall–Kier alpha value is -3.28. The van der Waals surface area contributed by atoms with Gasteiger partial charge >= 0.3 is 0 Å². The lowest BCUT2D eigenvalue weighted by Gasteiger charge is -2.19. The number of rotatable bonds is 4. The number of imide groups is 1. The highest BCUT2D eigenvalue weighted by Crippen LogP contribution is 2.35. The molecule has 4 rings (SSSR count). The SMILES string of the molecule is CCN1C(=O)C(Nc2ccc3c(c2)OCCO3)=C(c2ccc(C)cc2)C1=O. The molecule has 6 heteroatoms. The summed E-state index contributed by atoms with van der Waals surface area (Å²) in [5, 5.41) is 3.13. The number of ether oxygens (including phenoxy) is 2.